The molecule has 182 valence electrons. The number of nitroso groups, excluding NO2 is 1. The summed E-state index contributed by atoms with van der Waals surface area (Å²) in [6.07, 6.45) is 6.12. The molecule has 9 nitrogen and oxygen atoms in total. The molecule has 1 aliphatic rings. The Morgan fingerprint density at radius 1 is 1.09 bits per heavy atom. The summed E-state index contributed by atoms with van der Waals surface area (Å²) < 4.78 is 5.86. The van der Waals surface area contributed by atoms with E-state index in [1.165, 1.54) is 5.56 Å². The van der Waals surface area contributed by atoms with Crippen LogP contribution in [0.4, 0.5) is 17.4 Å². The van der Waals surface area contributed by atoms with Gasteiger partial charge in [0.25, 0.3) is 11.9 Å². The van der Waals surface area contributed by atoms with Crippen molar-refractivity contribution in [3.05, 3.63) is 65.2 Å². The lowest BCUT2D eigenvalue weighted by Gasteiger charge is -2.28. The highest BCUT2D eigenvalue weighted by molar-refractivity contribution is 5.79. The van der Waals surface area contributed by atoms with Gasteiger partial charge in [-0.25, -0.2) is 4.98 Å². The van der Waals surface area contributed by atoms with Crippen LogP contribution in [-0.4, -0.2) is 23.3 Å². The molecule has 1 heterocycles. The van der Waals surface area contributed by atoms with Crippen molar-refractivity contribution >= 4 is 29.2 Å². The number of benzene rings is 2. The molecule has 2 aromatic carbocycles. The summed E-state index contributed by atoms with van der Waals surface area (Å²) in [5.74, 6) is 0.673. The SMILES string of the molecule is Nc1cccc(Nc2ncc(-c3ccc(C4CCC(CC(=O)NCCC(=O)N=O)CC4)cc3)o2)c1. The van der Waals surface area contributed by atoms with Crippen molar-refractivity contribution < 1.29 is 14.0 Å². The zero-order valence-corrected chi connectivity index (χ0v) is 19.4. The van der Waals surface area contributed by atoms with E-state index in [0.717, 1.165) is 36.9 Å². The molecule has 1 saturated carbocycles. The van der Waals surface area contributed by atoms with Crippen molar-refractivity contribution in [3.8, 4) is 11.3 Å². The van der Waals surface area contributed by atoms with E-state index >= 15 is 0 Å². The van der Waals surface area contributed by atoms with Gasteiger partial charge in [-0.1, -0.05) is 30.3 Å². The predicted molar refractivity (Wildman–Crippen MR) is 134 cm³/mol. The summed E-state index contributed by atoms with van der Waals surface area (Å²) in [5.41, 5.74) is 9.53. The first-order valence-electron chi connectivity index (χ1n) is 11.8. The van der Waals surface area contributed by atoms with Crippen LogP contribution < -0.4 is 16.4 Å². The number of nitrogen functional groups attached to an aromatic ring is 1. The Morgan fingerprint density at radius 2 is 1.86 bits per heavy atom. The van der Waals surface area contributed by atoms with Crippen molar-refractivity contribution in [2.75, 3.05) is 17.6 Å². The van der Waals surface area contributed by atoms with Crippen LogP contribution in [0.5, 0.6) is 0 Å². The number of carbonyl (C=O) groups is 2. The number of hydrogen-bond acceptors (Lipinski definition) is 7. The zero-order valence-electron chi connectivity index (χ0n) is 19.4. The van der Waals surface area contributed by atoms with E-state index in [-0.39, 0.29) is 18.9 Å². The Kier molecular flexibility index (Phi) is 7.87. The molecule has 1 fully saturated rings. The molecule has 0 aliphatic heterocycles. The summed E-state index contributed by atoms with van der Waals surface area (Å²) >= 11 is 0. The minimum absolute atomic E-state index is 0.0496. The van der Waals surface area contributed by atoms with Crippen molar-refractivity contribution in [2.24, 2.45) is 11.1 Å². The number of nitrogens with one attached hydrogen (secondary N) is 2. The molecule has 1 aromatic heterocycles. The average Bonchev–Trinajstić information content (AvgIpc) is 3.33. The van der Waals surface area contributed by atoms with Crippen LogP contribution in [0.1, 0.15) is 50.0 Å². The molecule has 0 radical (unpaired) electrons. The third kappa shape index (κ3) is 6.75. The molecule has 4 rings (SSSR count). The largest absolute Gasteiger partial charge is 0.423 e. The quantitative estimate of drug-likeness (QED) is 0.288. The second-order valence-corrected chi connectivity index (χ2v) is 8.91. The molecule has 2 amide bonds. The van der Waals surface area contributed by atoms with E-state index in [1.54, 1.807) is 6.20 Å². The number of amides is 2. The van der Waals surface area contributed by atoms with E-state index in [1.807, 2.05) is 24.3 Å². The molecule has 0 atom stereocenters. The van der Waals surface area contributed by atoms with Gasteiger partial charge in [-0.05, 0) is 61.3 Å². The number of oxazole rings is 1. The number of aromatic nitrogens is 1. The van der Waals surface area contributed by atoms with E-state index in [9.17, 15) is 14.5 Å². The Hall–Kier alpha value is -4.01. The third-order valence-electron chi connectivity index (χ3n) is 6.39. The third-order valence-corrected chi connectivity index (χ3v) is 6.39. The lowest BCUT2D eigenvalue weighted by molar-refractivity contribution is -0.122. The number of nitrogens with two attached hydrogens (primary N) is 1. The number of anilines is 3. The maximum Gasteiger partial charge on any atom is 0.299 e. The van der Waals surface area contributed by atoms with Crippen LogP contribution in [0, 0.1) is 10.8 Å². The Labute approximate surface area is 203 Å². The number of rotatable bonds is 9. The summed E-state index contributed by atoms with van der Waals surface area (Å²) in [6, 6.07) is 16.2. The van der Waals surface area contributed by atoms with Crippen LogP contribution >= 0.6 is 0 Å². The van der Waals surface area contributed by atoms with Gasteiger partial charge in [-0.2, -0.15) is 0 Å². The van der Waals surface area contributed by atoms with Gasteiger partial charge in [-0.3, -0.25) is 9.59 Å². The highest BCUT2D eigenvalue weighted by atomic mass is 16.4. The number of hydrogen-bond donors (Lipinski definition) is 3. The molecule has 0 unspecified atom stereocenters. The van der Waals surface area contributed by atoms with Gasteiger partial charge in [0.15, 0.2) is 5.76 Å². The molecule has 0 saturated heterocycles. The maximum absolute atomic E-state index is 12.1. The normalized spacial score (nSPS) is 17.5. The van der Waals surface area contributed by atoms with Crippen molar-refractivity contribution in [3.63, 3.8) is 0 Å². The standard InChI is InChI=1S/C26H29N5O4/c27-21-2-1-3-22(15-21)30-26-29-16-23(35-26)20-10-8-19(9-11-20)18-6-4-17(5-7-18)14-25(33)28-13-12-24(32)31-34/h1-3,8-11,15-18H,4-7,12-14,27H2,(H,28,33)(H,29,30). The van der Waals surface area contributed by atoms with Gasteiger partial charge in [0.2, 0.25) is 5.91 Å². The second-order valence-electron chi connectivity index (χ2n) is 8.91. The topological polar surface area (TPSA) is 140 Å². The van der Waals surface area contributed by atoms with Gasteiger partial charge < -0.3 is 20.8 Å². The molecular weight excluding hydrogens is 446 g/mol. The van der Waals surface area contributed by atoms with E-state index in [0.29, 0.717) is 35.7 Å². The average molecular weight is 476 g/mol. The maximum atomic E-state index is 12.1. The molecule has 1 aliphatic carbocycles. The number of carbonyl (C=O) groups excluding carboxylic acids is 2. The van der Waals surface area contributed by atoms with Gasteiger partial charge >= 0.3 is 0 Å². The van der Waals surface area contributed by atoms with Crippen molar-refractivity contribution in [2.45, 2.75) is 44.4 Å². The van der Waals surface area contributed by atoms with Crippen molar-refractivity contribution in [1.82, 2.24) is 10.3 Å². The molecule has 0 spiro atoms. The molecular formula is C26H29N5O4. The second kappa shape index (κ2) is 11.4. The predicted octanol–water partition coefficient (Wildman–Crippen LogP) is 5.13. The fourth-order valence-corrected chi connectivity index (χ4v) is 4.51. The van der Waals surface area contributed by atoms with Gasteiger partial charge in [0, 0.05) is 41.5 Å². The molecule has 4 N–H and O–H groups in total. The zero-order chi connectivity index (χ0) is 24.6. The minimum atomic E-state index is -0.741. The molecule has 3 aromatic rings. The van der Waals surface area contributed by atoms with E-state index in [2.05, 4.69) is 45.1 Å². The Morgan fingerprint density at radius 3 is 2.57 bits per heavy atom. The first-order chi connectivity index (χ1) is 17.0. The number of nitrogens with zero attached hydrogens (tertiary/aromatic N) is 2. The summed E-state index contributed by atoms with van der Waals surface area (Å²) in [7, 11) is 0. The van der Waals surface area contributed by atoms with Gasteiger partial charge in [0.1, 0.15) is 0 Å². The smallest absolute Gasteiger partial charge is 0.299 e. The van der Waals surface area contributed by atoms with Crippen LogP contribution in [0.15, 0.2) is 64.3 Å². The minimum Gasteiger partial charge on any atom is -0.423 e. The van der Waals surface area contributed by atoms with E-state index < -0.39 is 5.91 Å². The highest BCUT2D eigenvalue weighted by Crippen LogP contribution is 2.37. The summed E-state index contributed by atoms with van der Waals surface area (Å²) in [6.45, 7) is 0.161. The van der Waals surface area contributed by atoms with E-state index in [4.69, 9.17) is 10.2 Å². The van der Waals surface area contributed by atoms with Crippen LogP contribution in [0.25, 0.3) is 11.3 Å². The summed E-state index contributed by atoms with van der Waals surface area (Å²) in [4.78, 5) is 37.3. The van der Waals surface area contributed by atoms with Crippen LogP contribution in [0.2, 0.25) is 0 Å². The Balaban J connectivity index is 1.25. The molecule has 35 heavy (non-hydrogen) atoms. The fourth-order valence-electron chi connectivity index (χ4n) is 4.51. The first-order valence-corrected chi connectivity index (χ1v) is 11.8. The lowest BCUT2D eigenvalue weighted by Crippen LogP contribution is -2.28. The van der Waals surface area contributed by atoms with Gasteiger partial charge in [0.05, 0.1) is 6.20 Å². The highest BCUT2D eigenvalue weighted by Gasteiger charge is 2.24. The fraction of sp³-hybridized carbons (Fsp3) is 0.346. The van der Waals surface area contributed by atoms with Crippen LogP contribution in [0.3, 0.4) is 0 Å². The molecule has 9 heteroatoms. The first kappa shape index (κ1) is 24.1. The lowest BCUT2D eigenvalue weighted by atomic mass is 9.77. The monoisotopic (exact) mass is 475 g/mol. The molecule has 0 bridgehead atoms. The van der Waals surface area contributed by atoms with Crippen LogP contribution in [-0.2, 0) is 9.59 Å². The van der Waals surface area contributed by atoms with Crippen molar-refractivity contribution in [1.29, 1.82) is 0 Å². The Bertz CT molecular complexity index is 1170. The van der Waals surface area contributed by atoms with Gasteiger partial charge in [-0.15, -0.1) is 4.91 Å². The summed E-state index contributed by atoms with van der Waals surface area (Å²) in [5, 5.41) is 8.14.